The van der Waals surface area contributed by atoms with E-state index in [0.717, 1.165) is 5.39 Å². The zero-order valence-corrected chi connectivity index (χ0v) is 14.0. The summed E-state index contributed by atoms with van der Waals surface area (Å²) < 4.78 is 0. The van der Waals surface area contributed by atoms with E-state index < -0.39 is 5.97 Å². The van der Waals surface area contributed by atoms with Gasteiger partial charge >= 0.3 is 5.97 Å². The predicted octanol–water partition coefficient (Wildman–Crippen LogP) is 2.83. The number of aliphatic carboxylic acids is 1. The molecule has 1 aromatic heterocycles. The van der Waals surface area contributed by atoms with Gasteiger partial charge in [-0.15, -0.1) is 0 Å². The van der Waals surface area contributed by atoms with Gasteiger partial charge in [-0.05, 0) is 30.3 Å². The molecule has 2 aromatic carbocycles. The molecule has 1 heterocycles. The molecule has 0 bridgehead atoms. The maximum Gasteiger partial charge on any atom is 0.322 e. The molecule has 0 radical (unpaired) electrons. The van der Waals surface area contributed by atoms with Gasteiger partial charge in [-0.1, -0.05) is 18.2 Å². The van der Waals surface area contributed by atoms with Crippen molar-refractivity contribution in [3.8, 4) is 0 Å². The number of hydrogen-bond donors (Lipinski definition) is 4. The monoisotopic (exact) mass is 351 g/mol. The van der Waals surface area contributed by atoms with Crippen LogP contribution in [0, 0.1) is 0 Å². The van der Waals surface area contributed by atoms with Crippen molar-refractivity contribution < 1.29 is 14.7 Å². The van der Waals surface area contributed by atoms with Crippen LogP contribution < -0.4 is 16.0 Å². The smallest absolute Gasteiger partial charge is 0.322 e. The van der Waals surface area contributed by atoms with Gasteiger partial charge in [-0.3, -0.25) is 9.59 Å². The van der Waals surface area contributed by atoms with Crippen LogP contribution in [0.25, 0.3) is 10.9 Å². The first-order chi connectivity index (χ1) is 12.5. The summed E-state index contributed by atoms with van der Waals surface area (Å²) in [5.74, 6) is -0.399. The van der Waals surface area contributed by atoms with Gasteiger partial charge in [-0.2, -0.15) is 4.98 Å². The van der Waals surface area contributed by atoms with Crippen molar-refractivity contribution in [3.63, 3.8) is 0 Å². The molecular formula is C18H17N5O3. The summed E-state index contributed by atoms with van der Waals surface area (Å²) in [6.07, 6.45) is 0. The van der Waals surface area contributed by atoms with Crippen LogP contribution >= 0.6 is 0 Å². The third-order valence-electron chi connectivity index (χ3n) is 3.45. The van der Waals surface area contributed by atoms with Crippen LogP contribution in [0.1, 0.15) is 6.92 Å². The number of para-hydroxylation sites is 1. The first-order valence-electron chi connectivity index (χ1n) is 7.88. The summed E-state index contributed by atoms with van der Waals surface area (Å²) >= 11 is 0. The number of nitrogens with one attached hydrogen (secondary N) is 3. The van der Waals surface area contributed by atoms with E-state index in [4.69, 9.17) is 5.11 Å². The fourth-order valence-corrected chi connectivity index (χ4v) is 2.43. The van der Waals surface area contributed by atoms with E-state index in [9.17, 15) is 9.59 Å². The number of fused-ring (bicyclic) bond motifs is 1. The number of rotatable bonds is 6. The van der Waals surface area contributed by atoms with Crippen LogP contribution in [0.2, 0.25) is 0 Å². The number of carbonyl (C=O) groups is 2. The van der Waals surface area contributed by atoms with E-state index in [1.807, 2.05) is 30.3 Å². The summed E-state index contributed by atoms with van der Waals surface area (Å²) in [4.78, 5) is 30.9. The largest absolute Gasteiger partial charge is 0.480 e. The Labute approximate surface area is 149 Å². The molecule has 132 valence electrons. The van der Waals surface area contributed by atoms with Crippen LogP contribution in [-0.2, 0) is 9.59 Å². The van der Waals surface area contributed by atoms with Crippen LogP contribution in [0.5, 0.6) is 0 Å². The van der Waals surface area contributed by atoms with Crippen LogP contribution in [-0.4, -0.2) is 33.5 Å². The molecule has 0 aliphatic carbocycles. The molecular weight excluding hydrogens is 334 g/mol. The lowest BCUT2D eigenvalue weighted by molar-refractivity contribution is -0.135. The van der Waals surface area contributed by atoms with Crippen molar-refractivity contribution in [2.45, 2.75) is 6.92 Å². The Kier molecular flexibility index (Phi) is 4.93. The number of carboxylic acids is 1. The lowest BCUT2D eigenvalue weighted by atomic mass is 10.2. The zero-order chi connectivity index (χ0) is 18.5. The first kappa shape index (κ1) is 17.2. The van der Waals surface area contributed by atoms with Gasteiger partial charge in [0.15, 0.2) is 0 Å². The molecule has 1 amide bonds. The Morgan fingerprint density at radius 1 is 1.04 bits per heavy atom. The summed E-state index contributed by atoms with van der Waals surface area (Å²) in [5.41, 5.74) is 2.01. The molecule has 0 aliphatic rings. The summed E-state index contributed by atoms with van der Waals surface area (Å²) in [6.45, 7) is 1.19. The van der Waals surface area contributed by atoms with Gasteiger partial charge in [0.25, 0.3) is 0 Å². The van der Waals surface area contributed by atoms with E-state index in [0.29, 0.717) is 28.7 Å². The molecule has 0 atom stereocenters. The summed E-state index contributed by atoms with van der Waals surface area (Å²) in [6, 6.07) is 14.5. The van der Waals surface area contributed by atoms with E-state index in [1.54, 1.807) is 18.2 Å². The third kappa shape index (κ3) is 4.23. The molecule has 0 saturated carbocycles. The average Bonchev–Trinajstić information content (AvgIpc) is 2.59. The number of benzene rings is 2. The standard InChI is InChI=1S/C18H17N5O3/c1-11(24)20-12-5-4-6-13(9-12)21-18-22-15-8-3-2-7-14(15)17(23-18)19-10-16(25)26/h2-9H,10H2,1H3,(H,20,24)(H,25,26)(H2,19,21,22,23). The Morgan fingerprint density at radius 2 is 1.81 bits per heavy atom. The number of anilines is 4. The minimum atomic E-state index is -0.981. The predicted molar refractivity (Wildman–Crippen MR) is 99.7 cm³/mol. The maximum atomic E-state index is 11.2. The van der Waals surface area contributed by atoms with Gasteiger partial charge in [0.05, 0.1) is 5.52 Å². The maximum absolute atomic E-state index is 11.2. The van der Waals surface area contributed by atoms with Gasteiger partial charge in [0.2, 0.25) is 11.9 Å². The minimum Gasteiger partial charge on any atom is -0.480 e. The van der Waals surface area contributed by atoms with Crippen molar-refractivity contribution in [1.82, 2.24) is 9.97 Å². The molecule has 0 spiro atoms. The fraction of sp³-hybridized carbons (Fsp3) is 0.111. The van der Waals surface area contributed by atoms with Gasteiger partial charge in [-0.25, -0.2) is 4.98 Å². The van der Waals surface area contributed by atoms with Crippen LogP contribution in [0.4, 0.5) is 23.1 Å². The molecule has 0 fully saturated rings. The van der Waals surface area contributed by atoms with Gasteiger partial charge in [0, 0.05) is 23.7 Å². The fourth-order valence-electron chi connectivity index (χ4n) is 2.43. The molecule has 0 aliphatic heterocycles. The summed E-state index contributed by atoms with van der Waals surface area (Å²) in [7, 11) is 0. The molecule has 26 heavy (non-hydrogen) atoms. The molecule has 0 saturated heterocycles. The molecule has 0 unspecified atom stereocenters. The topological polar surface area (TPSA) is 116 Å². The minimum absolute atomic E-state index is 0.163. The molecule has 3 rings (SSSR count). The zero-order valence-electron chi connectivity index (χ0n) is 14.0. The Morgan fingerprint density at radius 3 is 2.58 bits per heavy atom. The number of carboxylic acid groups (broad SMARTS) is 1. The second kappa shape index (κ2) is 7.47. The van der Waals surface area contributed by atoms with E-state index in [2.05, 4.69) is 25.9 Å². The highest BCUT2D eigenvalue weighted by Crippen LogP contribution is 2.24. The van der Waals surface area contributed by atoms with Crippen molar-refractivity contribution in [2.75, 3.05) is 22.5 Å². The molecule has 4 N–H and O–H groups in total. The van der Waals surface area contributed by atoms with E-state index in [-0.39, 0.29) is 12.5 Å². The van der Waals surface area contributed by atoms with Crippen LogP contribution in [0.15, 0.2) is 48.5 Å². The lowest BCUT2D eigenvalue weighted by Crippen LogP contribution is -2.14. The Balaban J connectivity index is 1.92. The molecule has 8 nitrogen and oxygen atoms in total. The highest BCUT2D eigenvalue weighted by Gasteiger charge is 2.09. The Bertz CT molecular complexity index is 974. The normalized spacial score (nSPS) is 10.3. The van der Waals surface area contributed by atoms with Gasteiger partial charge in [0.1, 0.15) is 12.4 Å². The van der Waals surface area contributed by atoms with Crippen molar-refractivity contribution in [2.24, 2.45) is 0 Å². The molecule has 8 heteroatoms. The molecule has 3 aromatic rings. The third-order valence-corrected chi connectivity index (χ3v) is 3.45. The Hall–Kier alpha value is -3.68. The summed E-state index contributed by atoms with van der Waals surface area (Å²) in [5, 5.41) is 18.2. The second-order valence-electron chi connectivity index (χ2n) is 5.55. The quantitative estimate of drug-likeness (QED) is 0.539. The lowest BCUT2D eigenvalue weighted by Gasteiger charge is -2.11. The highest BCUT2D eigenvalue weighted by atomic mass is 16.4. The van der Waals surface area contributed by atoms with Crippen molar-refractivity contribution in [3.05, 3.63) is 48.5 Å². The second-order valence-corrected chi connectivity index (χ2v) is 5.55. The highest BCUT2D eigenvalue weighted by molar-refractivity contribution is 5.92. The van der Waals surface area contributed by atoms with Crippen molar-refractivity contribution in [1.29, 1.82) is 0 Å². The number of carbonyl (C=O) groups excluding carboxylic acids is 1. The number of aromatic nitrogens is 2. The van der Waals surface area contributed by atoms with Gasteiger partial charge < -0.3 is 21.1 Å². The van der Waals surface area contributed by atoms with E-state index in [1.165, 1.54) is 6.92 Å². The average molecular weight is 351 g/mol. The van der Waals surface area contributed by atoms with E-state index >= 15 is 0 Å². The first-order valence-corrected chi connectivity index (χ1v) is 7.88. The van der Waals surface area contributed by atoms with Crippen molar-refractivity contribution >= 4 is 45.9 Å². The SMILES string of the molecule is CC(=O)Nc1cccc(Nc2nc(NCC(=O)O)c3ccccc3n2)c1. The number of nitrogens with zero attached hydrogens (tertiary/aromatic N) is 2. The number of amides is 1. The number of hydrogen-bond acceptors (Lipinski definition) is 6. The van der Waals surface area contributed by atoms with Crippen LogP contribution in [0.3, 0.4) is 0 Å².